The Balaban J connectivity index is 1.57. The predicted octanol–water partition coefficient (Wildman–Crippen LogP) is 2.90. The minimum absolute atomic E-state index is 0.0261. The molecule has 0 atom stereocenters. The third-order valence-electron chi connectivity index (χ3n) is 5.65. The number of rotatable bonds is 8. The Morgan fingerprint density at radius 1 is 1.00 bits per heavy atom. The topological polar surface area (TPSA) is 78.0 Å². The maximum absolute atomic E-state index is 12.9. The van der Waals surface area contributed by atoms with Crippen LogP contribution in [0.3, 0.4) is 0 Å². The van der Waals surface area contributed by atoms with Gasteiger partial charge >= 0.3 is 0 Å². The number of nitrogens with zero attached hydrogens (tertiary/aromatic N) is 3. The lowest BCUT2D eigenvalue weighted by Gasteiger charge is -2.35. The number of likely N-dealkylation sites (N-methyl/N-ethyl adjacent to an activating group) is 1. The number of benzene rings is 2. The van der Waals surface area contributed by atoms with Gasteiger partial charge in [-0.1, -0.05) is 48.9 Å². The molecule has 1 aliphatic rings. The summed E-state index contributed by atoms with van der Waals surface area (Å²) in [5.74, 6) is -0.140. The zero-order chi connectivity index (χ0) is 23.3. The summed E-state index contributed by atoms with van der Waals surface area (Å²) in [5.41, 5.74) is 1.44. The van der Waals surface area contributed by atoms with Gasteiger partial charge in [0.2, 0.25) is 15.9 Å². The van der Waals surface area contributed by atoms with Crippen molar-refractivity contribution in [1.82, 2.24) is 14.1 Å². The fraction of sp³-hybridized carbons (Fsp3) is 0.391. The van der Waals surface area contributed by atoms with Crippen LogP contribution in [-0.4, -0.2) is 73.5 Å². The van der Waals surface area contributed by atoms with Crippen molar-refractivity contribution in [3.63, 3.8) is 0 Å². The van der Waals surface area contributed by atoms with Gasteiger partial charge in [-0.15, -0.1) is 0 Å². The van der Waals surface area contributed by atoms with E-state index in [0.29, 0.717) is 36.8 Å². The first-order valence-electron chi connectivity index (χ1n) is 10.6. The van der Waals surface area contributed by atoms with E-state index >= 15 is 0 Å². The maximum Gasteiger partial charge on any atom is 0.243 e. The quantitative estimate of drug-likeness (QED) is 0.546. The van der Waals surface area contributed by atoms with E-state index in [-0.39, 0.29) is 36.2 Å². The molecular weight excluding hydrogens is 450 g/mol. The van der Waals surface area contributed by atoms with Crippen molar-refractivity contribution in [1.29, 1.82) is 0 Å². The fourth-order valence-corrected chi connectivity index (χ4v) is 5.24. The summed E-state index contributed by atoms with van der Waals surface area (Å²) in [6.45, 7) is 6.10. The molecule has 0 spiro atoms. The van der Waals surface area contributed by atoms with E-state index in [1.54, 1.807) is 4.90 Å². The van der Waals surface area contributed by atoms with E-state index in [1.165, 1.54) is 35.5 Å². The van der Waals surface area contributed by atoms with Gasteiger partial charge < -0.3 is 4.90 Å². The summed E-state index contributed by atoms with van der Waals surface area (Å²) in [5, 5.41) is 0.675. The van der Waals surface area contributed by atoms with Gasteiger partial charge in [0.05, 0.1) is 11.4 Å². The molecule has 0 bridgehead atoms. The summed E-state index contributed by atoms with van der Waals surface area (Å²) in [7, 11) is -3.67. The molecule has 1 fully saturated rings. The fourth-order valence-electron chi connectivity index (χ4n) is 3.63. The second kappa shape index (κ2) is 10.6. The van der Waals surface area contributed by atoms with Gasteiger partial charge in [-0.05, 0) is 37.2 Å². The zero-order valence-corrected chi connectivity index (χ0v) is 19.9. The van der Waals surface area contributed by atoms with Crippen molar-refractivity contribution in [2.24, 2.45) is 0 Å². The molecule has 0 aliphatic carbocycles. The van der Waals surface area contributed by atoms with E-state index in [9.17, 15) is 18.0 Å². The number of hydrogen-bond donors (Lipinski definition) is 0. The van der Waals surface area contributed by atoms with Crippen LogP contribution in [0, 0.1) is 0 Å². The molecule has 0 N–H and O–H groups in total. The van der Waals surface area contributed by atoms with Crippen molar-refractivity contribution < 1.29 is 18.0 Å². The third-order valence-corrected chi connectivity index (χ3v) is 7.93. The van der Waals surface area contributed by atoms with Crippen LogP contribution in [0.5, 0.6) is 0 Å². The minimum atomic E-state index is -3.67. The molecule has 172 valence electrons. The van der Waals surface area contributed by atoms with Crippen LogP contribution in [0.25, 0.3) is 0 Å². The average molecular weight is 478 g/mol. The van der Waals surface area contributed by atoms with E-state index in [4.69, 9.17) is 11.6 Å². The Morgan fingerprint density at radius 2 is 1.62 bits per heavy atom. The highest BCUT2D eigenvalue weighted by molar-refractivity contribution is 7.89. The molecule has 3 rings (SSSR count). The summed E-state index contributed by atoms with van der Waals surface area (Å²) < 4.78 is 27.2. The number of amides is 1. The molecule has 7 nitrogen and oxygen atoms in total. The SMILES string of the molecule is CCN(CC(=O)N1CCN(S(=O)(=O)c2ccc(C(C)=O)cc2)CC1)Cc1ccccc1Cl. The molecule has 2 aromatic carbocycles. The molecular formula is C23H28ClN3O4S. The monoisotopic (exact) mass is 477 g/mol. The molecule has 0 unspecified atom stereocenters. The molecule has 32 heavy (non-hydrogen) atoms. The van der Waals surface area contributed by atoms with Crippen LogP contribution in [0.4, 0.5) is 0 Å². The lowest BCUT2D eigenvalue weighted by molar-refractivity contribution is -0.133. The van der Waals surface area contributed by atoms with E-state index < -0.39 is 10.0 Å². The predicted molar refractivity (Wildman–Crippen MR) is 124 cm³/mol. The lowest BCUT2D eigenvalue weighted by Crippen LogP contribution is -2.52. The van der Waals surface area contributed by atoms with Crippen LogP contribution >= 0.6 is 11.6 Å². The molecule has 0 aromatic heterocycles. The van der Waals surface area contributed by atoms with E-state index in [0.717, 1.165) is 5.56 Å². The molecule has 0 radical (unpaired) electrons. The molecule has 0 saturated carbocycles. The van der Waals surface area contributed by atoms with Crippen molar-refractivity contribution >= 4 is 33.3 Å². The van der Waals surface area contributed by atoms with Crippen LogP contribution in [0.2, 0.25) is 5.02 Å². The second-order valence-electron chi connectivity index (χ2n) is 7.76. The highest BCUT2D eigenvalue weighted by Gasteiger charge is 2.30. The molecule has 1 saturated heterocycles. The lowest BCUT2D eigenvalue weighted by atomic mass is 10.2. The number of piperazine rings is 1. The highest BCUT2D eigenvalue weighted by Crippen LogP contribution is 2.20. The molecule has 1 amide bonds. The number of halogens is 1. The van der Waals surface area contributed by atoms with E-state index in [1.807, 2.05) is 36.1 Å². The van der Waals surface area contributed by atoms with E-state index in [2.05, 4.69) is 0 Å². The van der Waals surface area contributed by atoms with Gasteiger partial charge in [-0.3, -0.25) is 14.5 Å². The molecule has 2 aromatic rings. The van der Waals surface area contributed by atoms with Crippen molar-refractivity contribution in [2.75, 3.05) is 39.3 Å². The second-order valence-corrected chi connectivity index (χ2v) is 10.1. The smallest absolute Gasteiger partial charge is 0.243 e. The van der Waals surface area contributed by atoms with Crippen molar-refractivity contribution in [3.8, 4) is 0 Å². The number of Topliss-reactive ketones (excluding diaryl/α,β-unsaturated/α-hetero) is 1. The summed E-state index contributed by atoms with van der Waals surface area (Å²) in [4.78, 5) is 28.1. The van der Waals surface area contributed by atoms with Crippen LogP contribution in [0.1, 0.15) is 29.8 Å². The summed E-state index contributed by atoms with van der Waals surface area (Å²) in [6, 6.07) is 13.5. The largest absolute Gasteiger partial charge is 0.339 e. The van der Waals surface area contributed by atoms with Gasteiger partial charge in [0.25, 0.3) is 0 Å². The minimum Gasteiger partial charge on any atom is -0.339 e. The van der Waals surface area contributed by atoms with Crippen molar-refractivity contribution in [2.45, 2.75) is 25.3 Å². The Labute approximate surface area is 194 Å². The first-order chi connectivity index (χ1) is 15.2. The van der Waals surface area contributed by atoms with Crippen molar-refractivity contribution in [3.05, 3.63) is 64.7 Å². The van der Waals surface area contributed by atoms with Gasteiger partial charge in [0.15, 0.2) is 5.78 Å². The molecule has 9 heteroatoms. The molecule has 1 aliphatic heterocycles. The third kappa shape index (κ3) is 5.75. The maximum atomic E-state index is 12.9. The number of hydrogen-bond acceptors (Lipinski definition) is 5. The molecule has 1 heterocycles. The van der Waals surface area contributed by atoms with Crippen LogP contribution < -0.4 is 0 Å². The summed E-state index contributed by atoms with van der Waals surface area (Å²) in [6.07, 6.45) is 0. The van der Waals surface area contributed by atoms with Gasteiger partial charge in [0.1, 0.15) is 0 Å². The van der Waals surface area contributed by atoms with Crippen LogP contribution in [-0.2, 0) is 21.4 Å². The van der Waals surface area contributed by atoms with Gasteiger partial charge in [-0.2, -0.15) is 4.31 Å². The van der Waals surface area contributed by atoms with Gasteiger partial charge in [0, 0.05) is 43.3 Å². The first-order valence-corrected chi connectivity index (χ1v) is 12.4. The average Bonchev–Trinajstić information content (AvgIpc) is 2.80. The number of carbonyl (C=O) groups is 2. The first kappa shape index (κ1) is 24.4. The number of sulfonamides is 1. The Bertz CT molecular complexity index is 1060. The zero-order valence-electron chi connectivity index (χ0n) is 18.3. The number of ketones is 1. The Kier molecular flexibility index (Phi) is 8.05. The summed E-state index contributed by atoms with van der Waals surface area (Å²) >= 11 is 6.24. The number of carbonyl (C=O) groups excluding carboxylic acids is 2. The Morgan fingerprint density at radius 3 is 2.19 bits per heavy atom. The normalized spacial score (nSPS) is 15.2. The van der Waals surface area contributed by atoms with Gasteiger partial charge in [-0.25, -0.2) is 8.42 Å². The highest BCUT2D eigenvalue weighted by atomic mass is 35.5. The Hall–Kier alpha value is -2.26. The van der Waals surface area contributed by atoms with Crippen LogP contribution in [0.15, 0.2) is 53.4 Å². The standard InChI is InChI=1S/C23H28ClN3O4S/c1-3-25(16-20-6-4-5-7-22(20)24)17-23(29)26-12-14-27(15-13-26)32(30,31)21-10-8-19(9-11-21)18(2)28/h4-11H,3,12-17H2,1-2H3.